The van der Waals surface area contributed by atoms with Crippen molar-refractivity contribution in [1.82, 2.24) is 9.80 Å². The van der Waals surface area contributed by atoms with E-state index in [1.165, 1.54) is 12.1 Å². The van der Waals surface area contributed by atoms with Crippen molar-refractivity contribution in [2.24, 2.45) is 0 Å². The summed E-state index contributed by atoms with van der Waals surface area (Å²) in [4.78, 5) is 16.7. The number of rotatable bonds is 4. The number of hydrogen-bond donors (Lipinski definition) is 1. The lowest BCUT2D eigenvalue weighted by atomic mass is 9.94. The molecule has 1 aliphatic heterocycles. The second-order valence-electron chi connectivity index (χ2n) is 7.70. The Bertz CT molecular complexity index is 791. The molecule has 1 fully saturated rings. The van der Waals surface area contributed by atoms with Crippen molar-refractivity contribution in [1.29, 1.82) is 0 Å². The molecule has 3 rings (SSSR count). The number of carbonyl (C=O) groups excluding carboxylic acids is 1. The molecule has 5 heteroatoms. The Balaban J connectivity index is 1.69. The highest BCUT2D eigenvalue weighted by molar-refractivity contribution is 5.94. The zero-order valence-corrected chi connectivity index (χ0v) is 16.0. The summed E-state index contributed by atoms with van der Waals surface area (Å²) in [5.41, 5.74) is 1.55. The first-order valence-corrected chi connectivity index (χ1v) is 9.39. The van der Waals surface area contributed by atoms with Gasteiger partial charge in [-0.2, -0.15) is 0 Å². The number of likely N-dealkylation sites (tertiary alicyclic amines) is 1. The van der Waals surface area contributed by atoms with Gasteiger partial charge >= 0.3 is 0 Å². The van der Waals surface area contributed by atoms with Crippen LogP contribution >= 0.6 is 0 Å². The monoisotopic (exact) mass is 370 g/mol. The molecule has 27 heavy (non-hydrogen) atoms. The smallest absolute Gasteiger partial charge is 0.253 e. The zero-order valence-electron chi connectivity index (χ0n) is 16.0. The van der Waals surface area contributed by atoms with Crippen LogP contribution < -0.4 is 0 Å². The molecule has 0 bridgehead atoms. The topological polar surface area (TPSA) is 43.8 Å². The van der Waals surface area contributed by atoms with Gasteiger partial charge in [-0.05, 0) is 68.8 Å². The van der Waals surface area contributed by atoms with Crippen LogP contribution in [0.4, 0.5) is 4.39 Å². The first-order chi connectivity index (χ1) is 12.9. The van der Waals surface area contributed by atoms with Crippen LogP contribution in [0.25, 0.3) is 11.1 Å². The van der Waals surface area contributed by atoms with Crippen LogP contribution in [0.15, 0.2) is 48.5 Å². The van der Waals surface area contributed by atoms with E-state index in [0.29, 0.717) is 38.0 Å². The van der Waals surface area contributed by atoms with Gasteiger partial charge in [0.1, 0.15) is 5.82 Å². The van der Waals surface area contributed by atoms with Gasteiger partial charge in [-0.15, -0.1) is 0 Å². The summed E-state index contributed by atoms with van der Waals surface area (Å²) in [6.07, 6.45) is 2.07. The van der Waals surface area contributed by atoms with Crippen molar-refractivity contribution in [2.45, 2.75) is 24.9 Å². The molecule has 1 saturated heterocycles. The molecular weight excluding hydrogens is 343 g/mol. The Kier molecular flexibility index (Phi) is 5.92. The minimum atomic E-state index is -0.736. The van der Waals surface area contributed by atoms with Crippen LogP contribution in [0.3, 0.4) is 0 Å². The molecule has 0 unspecified atom stereocenters. The molecule has 4 nitrogen and oxygen atoms in total. The molecule has 1 aliphatic rings. The van der Waals surface area contributed by atoms with Crippen LogP contribution in [-0.4, -0.2) is 60.1 Å². The molecule has 1 amide bonds. The predicted molar refractivity (Wildman–Crippen MR) is 105 cm³/mol. The summed E-state index contributed by atoms with van der Waals surface area (Å²) in [6, 6.07) is 13.7. The Labute approximate surface area is 160 Å². The van der Waals surface area contributed by atoms with Crippen LogP contribution in [-0.2, 0) is 0 Å². The number of carbonyl (C=O) groups is 1. The van der Waals surface area contributed by atoms with Crippen LogP contribution in [0, 0.1) is 5.82 Å². The SMILES string of the molecule is CN(C)C[C@]1(O)CCCN(C(=O)c2ccc(-c3cccc(F)c3)cc2)CC1. The van der Waals surface area contributed by atoms with E-state index >= 15 is 0 Å². The fraction of sp³-hybridized carbons (Fsp3) is 0.409. The van der Waals surface area contributed by atoms with E-state index in [1.54, 1.807) is 18.2 Å². The Morgan fingerprint density at radius 1 is 1.11 bits per heavy atom. The van der Waals surface area contributed by atoms with Crippen molar-refractivity contribution in [3.63, 3.8) is 0 Å². The van der Waals surface area contributed by atoms with Gasteiger partial charge in [0, 0.05) is 25.2 Å². The minimum Gasteiger partial charge on any atom is -0.388 e. The second kappa shape index (κ2) is 8.19. The van der Waals surface area contributed by atoms with Crippen LogP contribution in [0.1, 0.15) is 29.6 Å². The van der Waals surface area contributed by atoms with Gasteiger partial charge in [-0.1, -0.05) is 24.3 Å². The summed E-state index contributed by atoms with van der Waals surface area (Å²) >= 11 is 0. The number of likely N-dealkylation sites (N-methyl/N-ethyl adjacent to an activating group) is 1. The Morgan fingerprint density at radius 3 is 2.52 bits per heavy atom. The molecule has 1 heterocycles. The predicted octanol–water partition coefficient (Wildman–Crippen LogP) is 3.41. The highest BCUT2D eigenvalue weighted by atomic mass is 19.1. The summed E-state index contributed by atoms with van der Waals surface area (Å²) in [7, 11) is 3.90. The molecule has 0 spiro atoms. The van der Waals surface area contributed by atoms with Gasteiger partial charge < -0.3 is 14.9 Å². The van der Waals surface area contributed by atoms with E-state index in [2.05, 4.69) is 0 Å². The highest BCUT2D eigenvalue weighted by Crippen LogP contribution is 2.25. The van der Waals surface area contributed by atoms with E-state index < -0.39 is 5.60 Å². The summed E-state index contributed by atoms with van der Waals surface area (Å²) in [5, 5.41) is 10.8. The standard InChI is InChI=1S/C22H27FN2O2/c1-24(2)16-22(27)11-4-13-25(14-12-22)21(26)18-9-7-17(8-10-18)19-5-3-6-20(23)15-19/h3,5-10,15,27H,4,11-14,16H2,1-2H3/t22-/m0/s1. The first kappa shape index (κ1) is 19.5. The van der Waals surface area contributed by atoms with E-state index in [4.69, 9.17) is 0 Å². The van der Waals surface area contributed by atoms with E-state index in [9.17, 15) is 14.3 Å². The quantitative estimate of drug-likeness (QED) is 0.897. The van der Waals surface area contributed by atoms with Crippen molar-refractivity contribution < 1.29 is 14.3 Å². The fourth-order valence-electron chi connectivity index (χ4n) is 3.78. The molecular formula is C22H27FN2O2. The lowest BCUT2D eigenvalue weighted by Crippen LogP contribution is -2.41. The van der Waals surface area contributed by atoms with Gasteiger partial charge in [0.15, 0.2) is 0 Å². The van der Waals surface area contributed by atoms with Crippen molar-refractivity contribution in [2.75, 3.05) is 33.7 Å². The average Bonchev–Trinajstić information content (AvgIpc) is 2.82. The molecule has 0 aromatic heterocycles. The maximum absolute atomic E-state index is 13.4. The maximum Gasteiger partial charge on any atom is 0.253 e. The molecule has 1 N–H and O–H groups in total. The van der Waals surface area contributed by atoms with Gasteiger partial charge in [0.2, 0.25) is 0 Å². The van der Waals surface area contributed by atoms with E-state index in [1.807, 2.05) is 42.1 Å². The molecule has 1 atom stereocenters. The molecule has 0 radical (unpaired) electrons. The number of aliphatic hydroxyl groups is 1. The molecule has 2 aromatic carbocycles. The molecule has 0 aliphatic carbocycles. The number of halogens is 1. The zero-order chi connectivity index (χ0) is 19.4. The summed E-state index contributed by atoms with van der Waals surface area (Å²) in [5.74, 6) is -0.294. The number of nitrogens with zero attached hydrogens (tertiary/aromatic N) is 2. The third kappa shape index (κ3) is 4.93. The number of amides is 1. The third-order valence-electron chi connectivity index (χ3n) is 5.10. The second-order valence-corrected chi connectivity index (χ2v) is 7.70. The average molecular weight is 370 g/mol. The lowest BCUT2D eigenvalue weighted by molar-refractivity contribution is 0.00305. The van der Waals surface area contributed by atoms with Gasteiger partial charge in [0.05, 0.1) is 5.60 Å². The fourth-order valence-corrected chi connectivity index (χ4v) is 3.78. The summed E-state index contributed by atoms with van der Waals surface area (Å²) < 4.78 is 13.4. The third-order valence-corrected chi connectivity index (χ3v) is 5.10. The van der Waals surface area contributed by atoms with Crippen LogP contribution in [0.2, 0.25) is 0 Å². The van der Waals surface area contributed by atoms with E-state index in [0.717, 1.165) is 17.5 Å². The van der Waals surface area contributed by atoms with Crippen molar-refractivity contribution in [3.8, 4) is 11.1 Å². The Hall–Kier alpha value is -2.24. The highest BCUT2D eigenvalue weighted by Gasteiger charge is 2.32. The lowest BCUT2D eigenvalue weighted by Gasteiger charge is -2.30. The largest absolute Gasteiger partial charge is 0.388 e. The minimum absolute atomic E-state index is 0.0186. The van der Waals surface area contributed by atoms with Gasteiger partial charge in [0.25, 0.3) is 5.91 Å². The molecule has 144 valence electrons. The van der Waals surface area contributed by atoms with Gasteiger partial charge in [-0.3, -0.25) is 4.79 Å². The summed E-state index contributed by atoms with van der Waals surface area (Å²) in [6.45, 7) is 1.81. The molecule has 2 aromatic rings. The van der Waals surface area contributed by atoms with Gasteiger partial charge in [-0.25, -0.2) is 4.39 Å². The number of hydrogen-bond acceptors (Lipinski definition) is 3. The van der Waals surface area contributed by atoms with Crippen molar-refractivity contribution in [3.05, 3.63) is 59.9 Å². The van der Waals surface area contributed by atoms with Crippen molar-refractivity contribution >= 4 is 5.91 Å². The van der Waals surface area contributed by atoms with E-state index in [-0.39, 0.29) is 11.7 Å². The normalized spacial score (nSPS) is 20.6. The number of benzene rings is 2. The first-order valence-electron chi connectivity index (χ1n) is 9.39. The molecule has 0 saturated carbocycles. The Morgan fingerprint density at radius 2 is 1.85 bits per heavy atom. The van der Waals surface area contributed by atoms with Crippen LogP contribution in [0.5, 0.6) is 0 Å². The maximum atomic E-state index is 13.4.